The molecule has 0 saturated carbocycles. The van der Waals surface area contributed by atoms with Crippen molar-refractivity contribution in [2.45, 2.75) is 39.3 Å². The highest BCUT2D eigenvalue weighted by Crippen LogP contribution is 2.25. The van der Waals surface area contributed by atoms with Gasteiger partial charge in [0.2, 0.25) is 5.91 Å². The Labute approximate surface area is 131 Å². The minimum Gasteiger partial charge on any atom is -0.389 e. The van der Waals surface area contributed by atoms with Gasteiger partial charge < -0.3 is 11.1 Å². The second kappa shape index (κ2) is 6.54. The van der Waals surface area contributed by atoms with E-state index < -0.39 is 0 Å². The summed E-state index contributed by atoms with van der Waals surface area (Å²) < 4.78 is 0. The molecule has 114 valence electrons. The fourth-order valence-electron chi connectivity index (χ4n) is 2.99. The second-order valence-corrected chi connectivity index (χ2v) is 6.43. The first-order valence-electron chi connectivity index (χ1n) is 7.35. The van der Waals surface area contributed by atoms with Crippen molar-refractivity contribution in [1.82, 2.24) is 4.90 Å². The highest BCUT2D eigenvalue weighted by Gasteiger charge is 2.32. The molecule has 1 aliphatic heterocycles. The molecule has 1 aromatic carbocycles. The van der Waals surface area contributed by atoms with E-state index in [0.29, 0.717) is 16.9 Å². The van der Waals surface area contributed by atoms with E-state index >= 15 is 0 Å². The van der Waals surface area contributed by atoms with E-state index in [4.69, 9.17) is 18.0 Å². The van der Waals surface area contributed by atoms with Crippen LogP contribution in [0.3, 0.4) is 0 Å². The molecule has 0 radical (unpaired) electrons. The van der Waals surface area contributed by atoms with Gasteiger partial charge in [-0.3, -0.25) is 9.69 Å². The first-order chi connectivity index (χ1) is 9.88. The molecule has 1 aromatic rings. The Morgan fingerprint density at radius 3 is 2.48 bits per heavy atom. The number of hydrogen-bond acceptors (Lipinski definition) is 3. The average Bonchev–Trinajstić information content (AvgIpc) is 2.77. The van der Waals surface area contributed by atoms with E-state index in [1.807, 2.05) is 31.2 Å². The number of nitrogens with one attached hydrogen (secondary N) is 1. The molecular formula is C16H23N3OS. The van der Waals surface area contributed by atoms with Crippen LogP contribution >= 0.6 is 12.2 Å². The van der Waals surface area contributed by atoms with E-state index in [9.17, 15) is 4.79 Å². The van der Waals surface area contributed by atoms with Gasteiger partial charge in [-0.2, -0.15) is 0 Å². The summed E-state index contributed by atoms with van der Waals surface area (Å²) in [6, 6.07) is 7.63. The maximum atomic E-state index is 12.4. The number of anilines is 1. The summed E-state index contributed by atoms with van der Waals surface area (Å²) in [7, 11) is 0. The van der Waals surface area contributed by atoms with E-state index in [-0.39, 0.29) is 11.9 Å². The van der Waals surface area contributed by atoms with Gasteiger partial charge >= 0.3 is 0 Å². The van der Waals surface area contributed by atoms with Crippen LogP contribution in [0.25, 0.3) is 0 Å². The maximum Gasteiger partial charge on any atom is 0.241 e. The molecule has 4 nitrogen and oxygen atoms in total. The lowest BCUT2D eigenvalue weighted by molar-refractivity contribution is -0.121. The normalized spacial score (nSPS) is 23.8. The summed E-state index contributed by atoms with van der Waals surface area (Å²) in [6.45, 7) is 7.36. The van der Waals surface area contributed by atoms with E-state index in [2.05, 4.69) is 24.1 Å². The Hall–Kier alpha value is -1.46. The van der Waals surface area contributed by atoms with Crippen molar-refractivity contribution in [2.75, 3.05) is 11.9 Å². The summed E-state index contributed by atoms with van der Waals surface area (Å²) in [5, 5.41) is 2.96. The van der Waals surface area contributed by atoms with Gasteiger partial charge in [0.25, 0.3) is 0 Å². The number of thiocarbonyl (C=S) groups is 1. The number of carbonyl (C=O) groups is 1. The number of rotatable bonds is 4. The van der Waals surface area contributed by atoms with E-state index in [0.717, 1.165) is 24.2 Å². The quantitative estimate of drug-likeness (QED) is 0.839. The molecule has 1 aliphatic rings. The lowest BCUT2D eigenvalue weighted by Gasteiger charge is -2.27. The van der Waals surface area contributed by atoms with Crippen molar-refractivity contribution >= 4 is 28.8 Å². The first kappa shape index (κ1) is 15.9. The zero-order chi connectivity index (χ0) is 15.6. The third-order valence-corrected chi connectivity index (χ3v) is 4.38. The molecule has 0 bridgehead atoms. The zero-order valence-corrected chi connectivity index (χ0v) is 13.6. The molecule has 1 heterocycles. The van der Waals surface area contributed by atoms with Gasteiger partial charge in [-0.15, -0.1) is 0 Å². The molecule has 21 heavy (non-hydrogen) atoms. The van der Waals surface area contributed by atoms with Gasteiger partial charge in [0.05, 0.1) is 6.04 Å². The molecule has 1 amide bonds. The van der Waals surface area contributed by atoms with Crippen LogP contribution in [0.15, 0.2) is 24.3 Å². The van der Waals surface area contributed by atoms with Crippen molar-refractivity contribution in [3.8, 4) is 0 Å². The summed E-state index contributed by atoms with van der Waals surface area (Å²) in [5.41, 5.74) is 7.14. The maximum absolute atomic E-state index is 12.4. The molecule has 1 saturated heterocycles. The lowest BCUT2D eigenvalue weighted by atomic mass is 10.1. The Bertz CT molecular complexity index is 529. The predicted molar refractivity (Wildman–Crippen MR) is 90.4 cm³/mol. The molecule has 2 rings (SSSR count). The van der Waals surface area contributed by atoms with Gasteiger partial charge in [0, 0.05) is 23.8 Å². The molecular weight excluding hydrogens is 282 g/mol. The van der Waals surface area contributed by atoms with E-state index in [1.54, 1.807) is 0 Å². The van der Waals surface area contributed by atoms with Crippen LogP contribution in [-0.2, 0) is 4.79 Å². The third-order valence-electron chi connectivity index (χ3n) is 4.15. The number of carbonyl (C=O) groups excluding carboxylic acids is 1. The molecule has 3 unspecified atom stereocenters. The molecule has 0 aromatic heterocycles. The fraction of sp³-hybridized carbons (Fsp3) is 0.500. The smallest absolute Gasteiger partial charge is 0.241 e. The minimum absolute atomic E-state index is 0.0269. The minimum atomic E-state index is -0.125. The van der Waals surface area contributed by atoms with Gasteiger partial charge in [-0.1, -0.05) is 19.1 Å². The highest BCUT2D eigenvalue weighted by atomic mass is 32.1. The predicted octanol–water partition coefficient (Wildman–Crippen LogP) is 2.38. The molecule has 3 atom stereocenters. The van der Waals surface area contributed by atoms with E-state index in [1.165, 1.54) is 0 Å². The van der Waals surface area contributed by atoms with Crippen LogP contribution in [0, 0.1) is 5.92 Å². The molecule has 0 aliphatic carbocycles. The molecule has 5 heteroatoms. The number of nitrogens with two attached hydrogens (primary N) is 1. The van der Waals surface area contributed by atoms with Crippen LogP contribution in [0.2, 0.25) is 0 Å². The van der Waals surface area contributed by atoms with Crippen molar-refractivity contribution in [1.29, 1.82) is 0 Å². The molecule has 0 spiro atoms. The third kappa shape index (κ3) is 3.80. The van der Waals surface area contributed by atoms with Gasteiger partial charge in [0.15, 0.2) is 0 Å². The second-order valence-electron chi connectivity index (χ2n) is 5.99. The lowest BCUT2D eigenvalue weighted by Crippen LogP contribution is -2.43. The first-order valence-corrected chi connectivity index (χ1v) is 7.75. The number of likely N-dealkylation sites (tertiary alicyclic amines) is 1. The Kier molecular flexibility index (Phi) is 4.96. The van der Waals surface area contributed by atoms with Crippen LogP contribution < -0.4 is 11.1 Å². The van der Waals surface area contributed by atoms with Crippen molar-refractivity contribution in [3.63, 3.8) is 0 Å². The van der Waals surface area contributed by atoms with Crippen LogP contribution in [0.1, 0.15) is 32.8 Å². The topological polar surface area (TPSA) is 58.4 Å². The standard InChI is InChI=1S/C16H23N3OS/c1-10-8-11(2)19(9-10)12(3)16(20)18-14-6-4-13(5-7-14)15(17)21/h4-7,10-12H,8-9H2,1-3H3,(H2,17,21)(H,18,20). The van der Waals surface area contributed by atoms with Crippen molar-refractivity contribution in [2.24, 2.45) is 11.7 Å². The van der Waals surface area contributed by atoms with Gasteiger partial charge in [0.1, 0.15) is 4.99 Å². The van der Waals surface area contributed by atoms with Gasteiger partial charge in [-0.25, -0.2) is 0 Å². The van der Waals surface area contributed by atoms with Crippen LogP contribution in [0.5, 0.6) is 0 Å². The summed E-state index contributed by atoms with van der Waals surface area (Å²) in [6.07, 6.45) is 1.15. The van der Waals surface area contributed by atoms with Crippen molar-refractivity contribution in [3.05, 3.63) is 29.8 Å². The number of hydrogen-bond donors (Lipinski definition) is 2. The zero-order valence-electron chi connectivity index (χ0n) is 12.8. The molecule has 1 fully saturated rings. The average molecular weight is 305 g/mol. The largest absolute Gasteiger partial charge is 0.389 e. The Morgan fingerprint density at radius 1 is 1.38 bits per heavy atom. The highest BCUT2D eigenvalue weighted by molar-refractivity contribution is 7.80. The summed E-state index contributed by atoms with van der Waals surface area (Å²) >= 11 is 4.91. The number of amides is 1. The SMILES string of the molecule is CC1CC(C)N(C(C)C(=O)Nc2ccc(C(N)=S)cc2)C1. The fourth-order valence-corrected chi connectivity index (χ4v) is 3.12. The summed E-state index contributed by atoms with van der Waals surface area (Å²) in [5.74, 6) is 0.680. The van der Waals surface area contributed by atoms with Crippen LogP contribution in [-0.4, -0.2) is 34.4 Å². The summed E-state index contributed by atoms with van der Waals surface area (Å²) in [4.78, 5) is 15.0. The van der Waals surface area contributed by atoms with Crippen LogP contribution in [0.4, 0.5) is 5.69 Å². The monoisotopic (exact) mass is 305 g/mol. The number of benzene rings is 1. The van der Waals surface area contributed by atoms with Crippen molar-refractivity contribution < 1.29 is 4.79 Å². The Morgan fingerprint density at radius 2 is 2.00 bits per heavy atom. The molecule has 3 N–H and O–H groups in total. The van der Waals surface area contributed by atoms with Gasteiger partial charge in [-0.05, 0) is 50.5 Å². The Balaban J connectivity index is 1.99. The number of nitrogens with zero attached hydrogens (tertiary/aromatic N) is 1.